The number of alkyl halides is 3. The number of nitrogens with zero attached hydrogens (tertiary/aromatic N) is 3. The van der Waals surface area contributed by atoms with E-state index in [1.54, 1.807) is 6.20 Å². The Morgan fingerprint density at radius 1 is 1.32 bits per heavy atom. The normalized spacial score (nSPS) is 16.9. The van der Waals surface area contributed by atoms with Gasteiger partial charge in [-0.25, -0.2) is 0 Å². The average Bonchev–Trinajstić information content (AvgIpc) is 3.16. The average molecular weight is 378 g/mol. The highest BCUT2D eigenvalue weighted by molar-refractivity contribution is 7.92. The number of piperidine rings is 1. The SMILES string of the molecule is O=S(=O)(Nc1[nH]ncc1C1CCNCC1)c1ccn(CC(F)(F)F)n1. The third kappa shape index (κ3) is 4.31. The van der Waals surface area contributed by atoms with Crippen LogP contribution < -0.4 is 10.0 Å². The summed E-state index contributed by atoms with van der Waals surface area (Å²) >= 11 is 0. The van der Waals surface area contributed by atoms with Crippen LogP contribution in [0.25, 0.3) is 0 Å². The van der Waals surface area contributed by atoms with Crippen molar-refractivity contribution in [3.8, 4) is 0 Å². The van der Waals surface area contributed by atoms with Crippen molar-refractivity contribution in [1.82, 2.24) is 25.3 Å². The fourth-order valence-corrected chi connectivity index (χ4v) is 3.75. The molecule has 0 spiro atoms. The Morgan fingerprint density at radius 2 is 2.04 bits per heavy atom. The highest BCUT2D eigenvalue weighted by Crippen LogP contribution is 2.30. The maximum atomic E-state index is 12.4. The van der Waals surface area contributed by atoms with Crippen LogP contribution in [0, 0.1) is 0 Å². The summed E-state index contributed by atoms with van der Waals surface area (Å²) in [6.07, 6.45) is -0.256. The number of aromatic nitrogens is 4. The molecule has 0 saturated carbocycles. The zero-order chi connectivity index (χ0) is 18.1. The first-order valence-electron chi connectivity index (χ1n) is 7.61. The van der Waals surface area contributed by atoms with Gasteiger partial charge in [0.25, 0.3) is 10.0 Å². The number of aromatic amines is 1. The molecule has 25 heavy (non-hydrogen) atoms. The lowest BCUT2D eigenvalue weighted by molar-refractivity contribution is -0.142. The summed E-state index contributed by atoms with van der Waals surface area (Å²) in [5.41, 5.74) is 0.736. The van der Waals surface area contributed by atoms with Crippen molar-refractivity contribution in [3.05, 3.63) is 24.0 Å². The molecule has 1 aliphatic heterocycles. The van der Waals surface area contributed by atoms with Gasteiger partial charge in [-0.2, -0.15) is 31.8 Å². The van der Waals surface area contributed by atoms with Gasteiger partial charge < -0.3 is 5.32 Å². The number of halogens is 3. The fraction of sp³-hybridized carbons (Fsp3) is 0.538. The molecule has 0 unspecified atom stereocenters. The smallest absolute Gasteiger partial charge is 0.317 e. The van der Waals surface area contributed by atoms with E-state index in [1.807, 2.05) is 0 Å². The van der Waals surface area contributed by atoms with Gasteiger partial charge in [0, 0.05) is 11.8 Å². The Bertz CT molecular complexity index is 823. The minimum Gasteiger partial charge on any atom is -0.317 e. The lowest BCUT2D eigenvalue weighted by Crippen LogP contribution is -2.27. The third-order valence-corrected chi connectivity index (χ3v) is 5.16. The molecule has 3 heterocycles. The number of nitrogens with one attached hydrogen (secondary N) is 3. The number of hydrogen-bond donors (Lipinski definition) is 3. The van der Waals surface area contributed by atoms with Crippen LogP contribution in [0.1, 0.15) is 24.3 Å². The summed E-state index contributed by atoms with van der Waals surface area (Å²) in [6.45, 7) is 0.292. The third-order valence-electron chi connectivity index (χ3n) is 3.92. The molecule has 0 radical (unpaired) electrons. The van der Waals surface area contributed by atoms with E-state index in [0.717, 1.165) is 43.8 Å². The van der Waals surface area contributed by atoms with Crippen molar-refractivity contribution < 1.29 is 21.6 Å². The van der Waals surface area contributed by atoms with Gasteiger partial charge in [-0.15, -0.1) is 0 Å². The van der Waals surface area contributed by atoms with E-state index in [9.17, 15) is 21.6 Å². The highest BCUT2D eigenvalue weighted by atomic mass is 32.2. The van der Waals surface area contributed by atoms with Crippen LogP contribution in [0.2, 0.25) is 0 Å². The molecule has 1 saturated heterocycles. The largest absolute Gasteiger partial charge is 0.408 e. The van der Waals surface area contributed by atoms with Gasteiger partial charge in [-0.3, -0.25) is 14.5 Å². The van der Waals surface area contributed by atoms with Gasteiger partial charge in [-0.05, 0) is 37.9 Å². The summed E-state index contributed by atoms with van der Waals surface area (Å²) in [5, 5.41) is 12.7. The van der Waals surface area contributed by atoms with E-state index in [2.05, 4.69) is 25.3 Å². The summed E-state index contributed by atoms with van der Waals surface area (Å²) in [5.74, 6) is 0.373. The maximum absolute atomic E-state index is 12.4. The van der Waals surface area contributed by atoms with E-state index in [1.165, 1.54) is 0 Å². The van der Waals surface area contributed by atoms with Crippen molar-refractivity contribution in [1.29, 1.82) is 0 Å². The molecule has 2 aromatic rings. The minimum atomic E-state index is -4.48. The van der Waals surface area contributed by atoms with Crippen molar-refractivity contribution >= 4 is 15.8 Å². The van der Waals surface area contributed by atoms with Crippen molar-refractivity contribution in [2.75, 3.05) is 17.8 Å². The molecule has 1 aliphatic rings. The Balaban J connectivity index is 1.77. The molecule has 0 aromatic carbocycles. The van der Waals surface area contributed by atoms with Gasteiger partial charge in [0.2, 0.25) is 0 Å². The second-order valence-electron chi connectivity index (χ2n) is 5.80. The zero-order valence-corrected chi connectivity index (χ0v) is 13.9. The minimum absolute atomic E-state index is 0.153. The summed E-state index contributed by atoms with van der Waals surface area (Å²) < 4.78 is 64.7. The summed E-state index contributed by atoms with van der Waals surface area (Å²) in [4.78, 5) is 0. The van der Waals surface area contributed by atoms with Gasteiger partial charge in [0.15, 0.2) is 5.03 Å². The molecule has 0 bridgehead atoms. The lowest BCUT2D eigenvalue weighted by atomic mass is 9.92. The summed E-state index contributed by atoms with van der Waals surface area (Å²) in [7, 11) is -4.12. The standard InChI is InChI=1S/C13H17F3N6O2S/c14-13(15,16)8-22-6-3-11(20-22)25(23,24)21-12-10(7-18-19-12)9-1-4-17-5-2-9/h3,6-7,9,17H,1-2,4-5,8H2,(H2,18,19,21). The van der Waals surface area contributed by atoms with Crippen LogP contribution in [-0.2, 0) is 16.6 Å². The Hall–Kier alpha value is -2.08. The number of anilines is 1. The van der Waals surface area contributed by atoms with Gasteiger partial charge >= 0.3 is 6.18 Å². The molecular formula is C13H17F3N6O2S. The second-order valence-corrected chi connectivity index (χ2v) is 7.43. The quantitative estimate of drug-likeness (QED) is 0.730. The monoisotopic (exact) mass is 378 g/mol. The molecule has 138 valence electrons. The van der Waals surface area contributed by atoms with Gasteiger partial charge in [0.1, 0.15) is 12.4 Å². The Labute approximate surface area is 141 Å². The molecule has 2 aromatic heterocycles. The molecule has 8 nitrogen and oxygen atoms in total. The lowest BCUT2D eigenvalue weighted by Gasteiger charge is -2.22. The van der Waals surface area contributed by atoms with Crippen LogP contribution in [-0.4, -0.2) is 47.7 Å². The predicted molar refractivity (Wildman–Crippen MR) is 82.5 cm³/mol. The van der Waals surface area contributed by atoms with E-state index < -0.39 is 27.8 Å². The first-order chi connectivity index (χ1) is 11.7. The zero-order valence-electron chi connectivity index (χ0n) is 13.0. The highest BCUT2D eigenvalue weighted by Gasteiger charge is 2.30. The first kappa shape index (κ1) is 17.7. The molecule has 3 rings (SSSR count). The Morgan fingerprint density at radius 3 is 2.72 bits per heavy atom. The number of hydrogen-bond acceptors (Lipinski definition) is 5. The molecule has 3 N–H and O–H groups in total. The Kier molecular flexibility index (Phi) is 4.73. The van der Waals surface area contributed by atoms with Crippen molar-refractivity contribution in [2.45, 2.75) is 36.5 Å². The van der Waals surface area contributed by atoms with Crippen LogP contribution >= 0.6 is 0 Å². The molecule has 0 aliphatic carbocycles. The van der Waals surface area contributed by atoms with E-state index in [0.29, 0.717) is 4.68 Å². The predicted octanol–water partition coefficient (Wildman–Crippen LogP) is 1.44. The number of sulfonamides is 1. The van der Waals surface area contributed by atoms with Gasteiger partial charge in [-0.1, -0.05) is 0 Å². The van der Waals surface area contributed by atoms with Crippen LogP contribution in [0.15, 0.2) is 23.5 Å². The van der Waals surface area contributed by atoms with Crippen LogP contribution in [0.4, 0.5) is 19.0 Å². The molecule has 0 amide bonds. The molecule has 1 fully saturated rings. The topological polar surface area (TPSA) is 105 Å². The van der Waals surface area contributed by atoms with E-state index >= 15 is 0 Å². The number of H-pyrrole nitrogens is 1. The van der Waals surface area contributed by atoms with Crippen molar-refractivity contribution in [2.24, 2.45) is 0 Å². The maximum Gasteiger partial charge on any atom is 0.408 e. The number of rotatable bonds is 5. The molecule has 12 heteroatoms. The van der Waals surface area contributed by atoms with Crippen LogP contribution in [0.5, 0.6) is 0 Å². The van der Waals surface area contributed by atoms with Crippen LogP contribution in [0.3, 0.4) is 0 Å². The molecule has 0 atom stereocenters. The van der Waals surface area contributed by atoms with Gasteiger partial charge in [0.05, 0.1) is 6.20 Å². The fourth-order valence-electron chi connectivity index (χ4n) is 2.76. The summed E-state index contributed by atoms with van der Waals surface area (Å²) in [6, 6.07) is 1.02. The second kappa shape index (κ2) is 6.67. The van der Waals surface area contributed by atoms with Crippen molar-refractivity contribution in [3.63, 3.8) is 0 Å². The van der Waals surface area contributed by atoms with E-state index in [-0.39, 0.29) is 11.7 Å². The molecular weight excluding hydrogens is 361 g/mol. The first-order valence-corrected chi connectivity index (χ1v) is 9.10. The van der Waals surface area contributed by atoms with E-state index in [4.69, 9.17) is 0 Å².